The van der Waals surface area contributed by atoms with E-state index in [1.165, 1.54) is 31.2 Å². The molecule has 0 bridgehead atoms. The van der Waals surface area contributed by atoms with Gasteiger partial charge in [-0.3, -0.25) is 9.59 Å². The van der Waals surface area contributed by atoms with Crippen LogP contribution in [0.4, 0.5) is 5.69 Å². The third-order valence-corrected chi connectivity index (χ3v) is 5.22. The molecule has 1 aliphatic heterocycles. The smallest absolute Gasteiger partial charge is 0.243 e. The summed E-state index contributed by atoms with van der Waals surface area (Å²) < 4.78 is 0. The molecule has 3 rings (SSSR count). The molecule has 2 aliphatic rings. The van der Waals surface area contributed by atoms with Gasteiger partial charge in [0.25, 0.3) is 0 Å². The lowest BCUT2D eigenvalue weighted by atomic mass is 9.85. The van der Waals surface area contributed by atoms with E-state index in [1.807, 2.05) is 24.3 Å². The van der Waals surface area contributed by atoms with Crippen molar-refractivity contribution in [3.8, 4) is 0 Å². The van der Waals surface area contributed by atoms with Crippen molar-refractivity contribution in [3.05, 3.63) is 29.8 Å². The van der Waals surface area contributed by atoms with E-state index in [1.54, 1.807) is 0 Å². The predicted molar refractivity (Wildman–Crippen MR) is 94.7 cm³/mol. The lowest BCUT2D eigenvalue weighted by Crippen LogP contribution is -2.45. The van der Waals surface area contributed by atoms with Gasteiger partial charge in [0, 0.05) is 11.7 Å². The summed E-state index contributed by atoms with van der Waals surface area (Å²) in [6, 6.07) is 8.12. The van der Waals surface area contributed by atoms with E-state index in [-0.39, 0.29) is 24.4 Å². The van der Waals surface area contributed by atoms with Crippen molar-refractivity contribution in [1.29, 1.82) is 0 Å². The summed E-state index contributed by atoms with van der Waals surface area (Å²) in [4.78, 5) is 24.3. The van der Waals surface area contributed by atoms with Gasteiger partial charge in [-0.1, -0.05) is 31.9 Å². The Morgan fingerprint density at radius 2 is 2.08 bits per heavy atom. The van der Waals surface area contributed by atoms with Gasteiger partial charge >= 0.3 is 0 Å². The molecule has 130 valence electrons. The van der Waals surface area contributed by atoms with Crippen molar-refractivity contribution in [1.82, 2.24) is 10.6 Å². The van der Waals surface area contributed by atoms with E-state index >= 15 is 0 Å². The molecule has 2 amide bonds. The summed E-state index contributed by atoms with van der Waals surface area (Å²) in [5.74, 6) is 0.383. The van der Waals surface area contributed by atoms with Crippen molar-refractivity contribution >= 4 is 17.5 Å². The Hall–Kier alpha value is -1.88. The Bertz CT molecular complexity index is 588. The molecule has 3 atom stereocenters. The molecule has 0 aromatic heterocycles. The summed E-state index contributed by atoms with van der Waals surface area (Å²) in [6.45, 7) is 2.09. The molecule has 1 saturated carbocycles. The monoisotopic (exact) mass is 329 g/mol. The van der Waals surface area contributed by atoms with Crippen LogP contribution in [-0.4, -0.2) is 30.4 Å². The molecule has 3 unspecified atom stereocenters. The molecule has 2 fully saturated rings. The van der Waals surface area contributed by atoms with Crippen LogP contribution in [0.2, 0.25) is 0 Å². The van der Waals surface area contributed by atoms with E-state index in [4.69, 9.17) is 0 Å². The molecule has 0 spiro atoms. The second-order valence-corrected chi connectivity index (χ2v) is 6.93. The molecule has 1 aromatic carbocycles. The maximum atomic E-state index is 12.3. The summed E-state index contributed by atoms with van der Waals surface area (Å²) in [5, 5.41) is 9.05. The largest absolute Gasteiger partial charge is 0.346 e. The van der Waals surface area contributed by atoms with Crippen molar-refractivity contribution < 1.29 is 9.59 Å². The Labute approximate surface area is 143 Å². The van der Waals surface area contributed by atoms with Crippen LogP contribution in [0.3, 0.4) is 0 Å². The number of carbonyl (C=O) groups excluding carboxylic acids is 2. The molecule has 24 heavy (non-hydrogen) atoms. The van der Waals surface area contributed by atoms with Crippen LogP contribution in [0, 0.1) is 5.92 Å². The van der Waals surface area contributed by atoms with Gasteiger partial charge < -0.3 is 16.0 Å². The molecule has 5 nitrogen and oxygen atoms in total. The molecule has 1 heterocycles. The fourth-order valence-corrected chi connectivity index (χ4v) is 3.89. The topological polar surface area (TPSA) is 70.2 Å². The molecule has 1 aliphatic carbocycles. The molecular formula is C19H27N3O2. The van der Waals surface area contributed by atoms with E-state index in [9.17, 15) is 9.59 Å². The Morgan fingerprint density at radius 3 is 2.88 bits per heavy atom. The van der Waals surface area contributed by atoms with Crippen LogP contribution in [0.5, 0.6) is 0 Å². The average Bonchev–Trinajstić information content (AvgIpc) is 3.04. The van der Waals surface area contributed by atoms with Crippen LogP contribution in [0.1, 0.15) is 44.6 Å². The van der Waals surface area contributed by atoms with Gasteiger partial charge in [0.2, 0.25) is 11.8 Å². The highest BCUT2D eigenvalue weighted by molar-refractivity contribution is 5.95. The predicted octanol–water partition coefficient (Wildman–Crippen LogP) is 2.22. The SMILES string of the molecule is CCc1cccc(NC(=O)CNC(=O)C2CC3CCCCC3N2)c1. The molecule has 1 saturated heterocycles. The number of hydrogen-bond acceptors (Lipinski definition) is 3. The van der Waals surface area contributed by atoms with Crippen molar-refractivity contribution in [2.75, 3.05) is 11.9 Å². The number of rotatable bonds is 5. The second kappa shape index (κ2) is 7.79. The maximum absolute atomic E-state index is 12.3. The third-order valence-electron chi connectivity index (χ3n) is 5.22. The van der Waals surface area contributed by atoms with Crippen LogP contribution >= 0.6 is 0 Å². The number of anilines is 1. The van der Waals surface area contributed by atoms with Crippen LogP contribution in [0.15, 0.2) is 24.3 Å². The van der Waals surface area contributed by atoms with E-state index in [2.05, 4.69) is 22.9 Å². The van der Waals surface area contributed by atoms with Crippen LogP contribution < -0.4 is 16.0 Å². The van der Waals surface area contributed by atoms with Gasteiger partial charge in [-0.15, -0.1) is 0 Å². The van der Waals surface area contributed by atoms with Crippen molar-refractivity contribution in [2.24, 2.45) is 5.92 Å². The number of hydrogen-bond donors (Lipinski definition) is 3. The highest BCUT2D eigenvalue weighted by atomic mass is 16.2. The summed E-state index contributed by atoms with van der Waals surface area (Å²) in [7, 11) is 0. The quantitative estimate of drug-likeness (QED) is 0.776. The molecule has 1 aromatic rings. The zero-order chi connectivity index (χ0) is 16.9. The minimum absolute atomic E-state index is 0.0166. The molecular weight excluding hydrogens is 302 g/mol. The first kappa shape index (κ1) is 17.0. The average molecular weight is 329 g/mol. The number of nitrogens with one attached hydrogen (secondary N) is 3. The third kappa shape index (κ3) is 4.15. The second-order valence-electron chi connectivity index (χ2n) is 6.93. The van der Waals surface area contributed by atoms with E-state index < -0.39 is 0 Å². The zero-order valence-electron chi connectivity index (χ0n) is 14.3. The standard InChI is InChI=1S/C19H27N3O2/c1-2-13-6-5-8-15(10-13)21-18(23)12-20-19(24)17-11-14-7-3-4-9-16(14)22-17/h5-6,8,10,14,16-17,22H,2-4,7,9,11-12H2,1H3,(H,20,24)(H,21,23). The van der Waals surface area contributed by atoms with Gasteiger partial charge in [0.05, 0.1) is 12.6 Å². The van der Waals surface area contributed by atoms with Crippen molar-refractivity contribution in [3.63, 3.8) is 0 Å². The summed E-state index contributed by atoms with van der Waals surface area (Å²) >= 11 is 0. The minimum atomic E-state index is -0.188. The maximum Gasteiger partial charge on any atom is 0.243 e. The Kier molecular flexibility index (Phi) is 5.51. The number of aryl methyl sites for hydroxylation is 1. The summed E-state index contributed by atoms with van der Waals surface area (Å²) in [6.07, 6.45) is 6.74. The lowest BCUT2D eigenvalue weighted by molar-refractivity contribution is -0.125. The highest BCUT2D eigenvalue weighted by Crippen LogP contribution is 2.33. The first-order chi connectivity index (χ1) is 11.7. The number of carbonyl (C=O) groups is 2. The molecule has 5 heteroatoms. The molecule has 0 radical (unpaired) electrons. The Morgan fingerprint density at radius 1 is 1.25 bits per heavy atom. The van der Waals surface area contributed by atoms with Gasteiger partial charge in [0.1, 0.15) is 0 Å². The fourth-order valence-electron chi connectivity index (χ4n) is 3.89. The van der Waals surface area contributed by atoms with Gasteiger partial charge in [-0.25, -0.2) is 0 Å². The molecule has 3 N–H and O–H groups in total. The number of benzene rings is 1. The van der Waals surface area contributed by atoms with Gasteiger partial charge in [-0.05, 0) is 49.3 Å². The zero-order valence-corrected chi connectivity index (χ0v) is 14.3. The number of fused-ring (bicyclic) bond motifs is 1. The normalized spacial score (nSPS) is 25.8. The highest BCUT2D eigenvalue weighted by Gasteiger charge is 2.38. The van der Waals surface area contributed by atoms with Gasteiger partial charge in [-0.2, -0.15) is 0 Å². The van der Waals surface area contributed by atoms with E-state index in [0.29, 0.717) is 12.0 Å². The van der Waals surface area contributed by atoms with Crippen molar-refractivity contribution in [2.45, 2.75) is 57.5 Å². The fraction of sp³-hybridized carbons (Fsp3) is 0.579. The first-order valence-corrected chi connectivity index (χ1v) is 9.08. The van der Waals surface area contributed by atoms with E-state index in [0.717, 1.165) is 18.5 Å². The number of amides is 2. The van der Waals surface area contributed by atoms with Crippen LogP contribution in [0.25, 0.3) is 0 Å². The van der Waals surface area contributed by atoms with Gasteiger partial charge in [0.15, 0.2) is 0 Å². The minimum Gasteiger partial charge on any atom is -0.346 e. The summed E-state index contributed by atoms with van der Waals surface area (Å²) in [5.41, 5.74) is 1.95. The Balaban J connectivity index is 1.45. The first-order valence-electron chi connectivity index (χ1n) is 9.08. The lowest BCUT2D eigenvalue weighted by Gasteiger charge is -2.24. The van der Waals surface area contributed by atoms with Crippen LogP contribution in [-0.2, 0) is 16.0 Å².